The molecule has 32 valence electrons. The Morgan fingerprint density at radius 3 is 0.857 bits per heavy atom. The Morgan fingerprint density at radius 1 is 0.857 bits per heavy atom. The molecule has 0 aliphatic heterocycles. The third kappa shape index (κ3) is 59.2. The topological polar surface area (TPSA) is 99.2 Å². The van der Waals surface area contributed by atoms with Crippen LogP contribution in [-0.4, -0.2) is 88.3 Å². The van der Waals surface area contributed by atoms with Crippen LogP contribution in [0, 0.1) is 0 Å². The zero-order chi connectivity index (χ0) is 3.58. The molecule has 0 fully saturated rings. The van der Waals surface area contributed by atoms with Gasteiger partial charge in [-0.1, -0.05) is 0 Å². The van der Waals surface area contributed by atoms with Gasteiger partial charge in [0.2, 0.25) is 0 Å². The summed E-state index contributed by atoms with van der Waals surface area (Å²) in [6.45, 7) is 0. The molecule has 0 spiro atoms. The summed E-state index contributed by atoms with van der Waals surface area (Å²) < 4.78 is 0. The Bertz CT molecular complexity index is 14.4. The van der Waals surface area contributed by atoms with E-state index in [0.29, 0.717) is 0 Å². The van der Waals surface area contributed by atoms with E-state index < -0.39 is 7.32 Å². The summed E-state index contributed by atoms with van der Waals surface area (Å²) in [4.78, 5) is 0. The maximum absolute atomic E-state index is 8.42. The fraction of sp³-hybridized carbons (Fsp3) is 0. The standard InChI is InChI=1S/BO3.2Ca.H2O/c2-1(3)4;;;/h;;;1H2/q-3;2*+2;/p-1. The molecule has 0 amide bonds. The molecule has 0 aliphatic carbocycles. The van der Waals surface area contributed by atoms with E-state index in [4.69, 9.17) is 15.1 Å². The SMILES string of the molecule is [Ca+2].[Ca+2].[O-]B([O-])[O-].[OH-]. The van der Waals surface area contributed by atoms with Crippen LogP contribution in [0.25, 0.3) is 0 Å². The molecule has 0 saturated carbocycles. The molecule has 0 heterocycles. The van der Waals surface area contributed by atoms with E-state index in [1.54, 1.807) is 0 Å². The van der Waals surface area contributed by atoms with Crippen LogP contribution >= 0.6 is 0 Å². The summed E-state index contributed by atoms with van der Waals surface area (Å²) in [5.74, 6) is 0. The molecule has 0 aliphatic rings. The van der Waals surface area contributed by atoms with Crippen molar-refractivity contribution in [2.75, 3.05) is 0 Å². The first-order chi connectivity index (χ1) is 1.73. The molecular formula is HBCa2O4. The predicted molar refractivity (Wildman–Crippen MR) is 19.2 cm³/mol. The van der Waals surface area contributed by atoms with Gasteiger partial charge in [0, 0.05) is 0 Å². The zero-order valence-corrected chi connectivity index (χ0v) is 8.08. The maximum atomic E-state index is 8.42. The molecule has 0 unspecified atom stereocenters. The Hall–Kier alpha value is 2.42. The second-order valence-corrected chi connectivity index (χ2v) is 0.289. The summed E-state index contributed by atoms with van der Waals surface area (Å²) in [5, 5.41) is 25.2. The smallest absolute Gasteiger partial charge is 0.907 e. The van der Waals surface area contributed by atoms with Gasteiger partial charge in [0.25, 0.3) is 0 Å². The van der Waals surface area contributed by atoms with E-state index in [2.05, 4.69) is 0 Å². The Morgan fingerprint density at radius 2 is 0.857 bits per heavy atom. The maximum Gasteiger partial charge on any atom is 2.00 e. The molecule has 0 radical (unpaired) electrons. The number of rotatable bonds is 0. The molecular weight excluding hydrogens is 155 g/mol. The largest absolute Gasteiger partial charge is 2.00 e. The zero-order valence-electron chi connectivity index (χ0n) is 3.66. The fourth-order valence-electron chi connectivity index (χ4n) is 0. The molecule has 7 heteroatoms. The first kappa shape index (κ1) is 22.7. The third-order valence-corrected chi connectivity index (χ3v) is 0. The van der Waals surface area contributed by atoms with Gasteiger partial charge < -0.3 is 20.5 Å². The van der Waals surface area contributed by atoms with E-state index in [0.717, 1.165) is 0 Å². The molecule has 0 aromatic heterocycles. The van der Waals surface area contributed by atoms with Crippen molar-refractivity contribution in [3.63, 3.8) is 0 Å². The van der Waals surface area contributed by atoms with Gasteiger partial charge in [-0.25, -0.2) is 0 Å². The van der Waals surface area contributed by atoms with Crippen molar-refractivity contribution in [2.45, 2.75) is 0 Å². The molecule has 0 saturated heterocycles. The van der Waals surface area contributed by atoms with Crippen molar-refractivity contribution < 1.29 is 20.5 Å². The molecule has 0 atom stereocenters. The molecule has 0 rings (SSSR count). The molecule has 0 bridgehead atoms. The van der Waals surface area contributed by atoms with Crippen molar-refractivity contribution in [1.82, 2.24) is 0 Å². The van der Waals surface area contributed by atoms with Crippen LogP contribution in [0.2, 0.25) is 0 Å². The number of hydrogen-bond acceptors (Lipinski definition) is 4. The van der Waals surface area contributed by atoms with Crippen LogP contribution in [0.1, 0.15) is 0 Å². The monoisotopic (exact) mass is 156 g/mol. The van der Waals surface area contributed by atoms with Gasteiger partial charge in [-0.15, -0.1) is 0 Å². The summed E-state index contributed by atoms with van der Waals surface area (Å²) in [5.41, 5.74) is 0. The van der Waals surface area contributed by atoms with E-state index in [1.165, 1.54) is 0 Å². The quantitative estimate of drug-likeness (QED) is 0.328. The van der Waals surface area contributed by atoms with Gasteiger partial charge in [-0.05, 0) is 0 Å². The van der Waals surface area contributed by atoms with Crippen LogP contribution in [-0.2, 0) is 0 Å². The first-order valence-corrected chi connectivity index (χ1v) is 0.707. The van der Waals surface area contributed by atoms with Crippen molar-refractivity contribution in [2.24, 2.45) is 0 Å². The summed E-state index contributed by atoms with van der Waals surface area (Å²) in [6.07, 6.45) is 0. The van der Waals surface area contributed by atoms with Gasteiger partial charge in [0.1, 0.15) is 0 Å². The molecule has 0 aromatic carbocycles. The van der Waals surface area contributed by atoms with Gasteiger partial charge in [-0.3, -0.25) is 7.32 Å². The van der Waals surface area contributed by atoms with Gasteiger partial charge in [0.05, 0.1) is 0 Å². The Balaban J connectivity index is -0.0000000150. The predicted octanol–water partition coefficient (Wildman–Crippen LogP) is -4.89. The van der Waals surface area contributed by atoms with E-state index >= 15 is 0 Å². The van der Waals surface area contributed by atoms with Gasteiger partial charge >= 0.3 is 75.5 Å². The minimum Gasteiger partial charge on any atom is -0.907 e. The summed E-state index contributed by atoms with van der Waals surface area (Å²) in [7, 11) is -2.92. The van der Waals surface area contributed by atoms with Gasteiger partial charge in [0.15, 0.2) is 0 Å². The van der Waals surface area contributed by atoms with Crippen molar-refractivity contribution in [3.8, 4) is 0 Å². The third-order valence-electron chi connectivity index (χ3n) is 0. The van der Waals surface area contributed by atoms with Crippen LogP contribution in [0.5, 0.6) is 0 Å². The van der Waals surface area contributed by atoms with E-state index in [1.807, 2.05) is 0 Å². The van der Waals surface area contributed by atoms with Crippen LogP contribution < -0.4 is 15.1 Å². The summed E-state index contributed by atoms with van der Waals surface area (Å²) >= 11 is 0. The Labute approximate surface area is 101 Å². The Kier molecular flexibility index (Phi) is 51.2. The van der Waals surface area contributed by atoms with E-state index in [9.17, 15) is 0 Å². The first-order valence-electron chi connectivity index (χ1n) is 0.707. The second-order valence-electron chi connectivity index (χ2n) is 0.289. The normalized spacial score (nSPS) is 3.86. The fourth-order valence-corrected chi connectivity index (χ4v) is 0. The molecule has 0 aromatic rings. The van der Waals surface area contributed by atoms with Crippen molar-refractivity contribution in [1.29, 1.82) is 0 Å². The second kappa shape index (κ2) is 15.8. The van der Waals surface area contributed by atoms with Crippen LogP contribution in [0.15, 0.2) is 0 Å². The minimum absolute atomic E-state index is 0. The summed E-state index contributed by atoms with van der Waals surface area (Å²) in [6, 6.07) is 0. The van der Waals surface area contributed by atoms with Crippen molar-refractivity contribution >= 4 is 82.8 Å². The molecule has 1 N–H and O–H groups in total. The number of hydrogen-bond donors (Lipinski definition) is 0. The minimum atomic E-state index is -2.92. The van der Waals surface area contributed by atoms with Crippen molar-refractivity contribution in [3.05, 3.63) is 0 Å². The van der Waals surface area contributed by atoms with Crippen LogP contribution in [0.3, 0.4) is 0 Å². The van der Waals surface area contributed by atoms with Gasteiger partial charge in [-0.2, -0.15) is 0 Å². The average Bonchev–Trinajstić information content (AvgIpc) is 0.811. The molecule has 4 nitrogen and oxygen atoms in total. The average molecular weight is 156 g/mol. The van der Waals surface area contributed by atoms with E-state index in [-0.39, 0.29) is 81.0 Å². The molecule has 7 heavy (non-hydrogen) atoms. The van der Waals surface area contributed by atoms with Crippen LogP contribution in [0.4, 0.5) is 0 Å².